The van der Waals surface area contributed by atoms with Crippen molar-refractivity contribution in [2.75, 3.05) is 44.8 Å². The van der Waals surface area contributed by atoms with Gasteiger partial charge < -0.3 is 25.0 Å². The van der Waals surface area contributed by atoms with Gasteiger partial charge in [0.2, 0.25) is 5.91 Å². The lowest BCUT2D eigenvalue weighted by molar-refractivity contribution is -0.116. The Morgan fingerprint density at radius 1 is 1.39 bits per heavy atom. The average molecular weight is 469 g/mol. The molecule has 180 valence electrons. The number of benzene rings is 1. The molecule has 2 amide bonds. The number of amides is 2. The zero-order valence-electron chi connectivity index (χ0n) is 18.3. The van der Waals surface area contributed by atoms with Gasteiger partial charge in [-0.1, -0.05) is 6.92 Å². The van der Waals surface area contributed by atoms with Gasteiger partial charge in [0.25, 0.3) is 6.43 Å². The molecule has 33 heavy (non-hydrogen) atoms. The van der Waals surface area contributed by atoms with Crippen molar-refractivity contribution in [3.05, 3.63) is 35.9 Å². The molecule has 0 spiro atoms. The Labute approximate surface area is 189 Å². The first-order chi connectivity index (χ1) is 15.8. The highest BCUT2D eigenvalue weighted by molar-refractivity contribution is 6.02. The summed E-state index contributed by atoms with van der Waals surface area (Å²) in [6.07, 6.45) is -3.26. The van der Waals surface area contributed by atoms with Crippen molar-refractivity contribution in [1.29, 1.82) is 0 Å². The van der Waals surface area contributed by atoms with Crippen LogP contribution in [0.2, 0.25) is 0 Å². The van der Waals surface area contributed by atoms with E-state index >= 15 is 0 Å². The summed E-state index contributed by atoms with van der Waals surface area (Å²) in [7, 11) is 1.68. The fourth-order valence-corrected chi connectivity index (χ4v) is 3.64. The molecule has 2 N–H and O–H groups in total. The van der Waals surface area contributed by atoms with Crippen molar-refractivity contribution in [2.45, 2.75) is 25.8 Å². The topological polar surface area (TPSA) is 101 Å². The number of nitrogens with zero attached hydrogens (tertiary/aromatic N) is 4. The van der Waals surface area contributed by atoms with Gasteiger partial charge in [-0.15, -0.1) is 0 Å². The zero-order valence-corrected chi connectivity index (χ0v) is 18.3. The predicted molar refractivity (Wildman–Crippen MR) is 115 cm³/mol. The number of halogens is 3. The minimum atomic E-state index is -2.94. The first kappa shape index (κ1) is 24.2. The van der Waals surface area contributed by atoms with E-state index in [0.717, 1.165) is 6.42 Å². The van der Waals surface area contributed by atoms with Crippen LogP contribution < -0.4 is 15.4 Å². The number of likely N-dealkylation sites (N-methyl/N-ethyl adjacent to an activating group) is 1. The summed E-state index contributed by atoms with van der Waals surface area (Å²) < 4.78 is 51.0. The molecule has 12 heteroatoms. The van der Waals surface area contributed by atoms with Crippen LogP contribution in [-0.4, -0.2) is 80.0 Å². The van der Waals surface area contributed by atoms with Gasteiger partial charge in [0.1, 0.15) is 37.2 Å². The summed E-state index contributed by atoms with van der Waals surface area (Å²) in [5, 5.41) is 0. The predicted octanol–water partition coefficient (Wildman–Crippen LogP) is 2.31. The Morgan fingerprint density at radius 2 is 2.15 bits per heavy atom. The standard InChI is InChI=1S/C21H26F3N5O4/c1-3-6-28(11-17(25)30)13-4-5-14-16(9-13)32-8-7-27(2)20(14)26-18(10-22)29-15(19(23)24)12-33-21(29)31/h4-5,9-10,15,19H,3,6-8,11-12H2,1-2H3,(H2,25,30)/b18-10-,26-20?. The molecule has 1 unspecified atom stereocenters. The van der Waals surface area contributed by atoms with Crippen molar-refractivity contribution >= 4 is 23.5 Å². The van der Waals surface area contributed by atoms with Crippen molar-refractivity contribution in [3.8, 4) is 5.75 Å². The van der Waals surface area contributed by atoms with E-state index in [1.807, 2.05) is 6.92 Å². The Hall–Kier alpha value is -3.44. The van der Waals surface area contributed by atoms with E-state index in [1.54, 1.807) is 35.0 Å². The lowest BCUT2D eigenvalue weighted by atomic mass is 10.1. The SMILES string of the molecule is CCCN(CC(N)=O)c1ccc2c(c1)OCCN(C)C2=N/C(=C/F)N1C(=O)OCC1C(F)F. The van der Waals surface area contributed by atoms with Crippen LogP contribution in [0.1, 0.15) is 18.9 Å². The molecule has 0 bridgehead atoms. The van der Waals surface area contributed by atoms with Crippen LogP contribution in [0.5, 0.6) is 5.75 Å². The Bertz CT molecular complexity index is 956. The van der Waals surface area contributed by atoms with Gasteiger partial charge in [0, 0.05) is 25.3 Å². The molecule has 1 fully saturated rings. The van der Waals surface area contributed by atoms with Gasteiger partial charge in [-0.05, 0) is 18.6 Å². The number of nitrogens with two attached hydrogens (primary N) is 1. The second kappa shape index (κ2) is 10.5. The molecule has 2 aliphatic heterocycles. The number of alkyl halides is 2. The number of hydrogen-bond donors (Lipinski definition) is 1. The maximum absolute atomic E-state index is 13.8. The minimum Gasteiger partial charge on any atom is -0.491 e. The summed E-state index contributed by atoms with van der Waals surface area (Å²) in [5.74, 6) is -0.440. The third kappa shape index (κ3) is 5.32. The van der Waals surface area contributed by atoms with E-state index in [4.69, 9.17) is 10.5 Å². The number of primary amides is 1. The Morgan fingerprint density at radius 3 is 2.79 bits per heavy atom. The molecular formula is C21H26F3N5O4. The summed E-state index contributed by atoms with van der Waals surface area (Å²) in [6.45, 7) is 2.65. The molecular weight excluding hydrogens is 443 g/mol. The van der Waals surface area contributed by atoms with Crippen LogP contribution in [0.25, 0.3) is 0 Å². The number of ether oxygens (including phenoxy) is 2. The van der Waals surface area contributed by atoms with E-state index in [9.17, 15) is 22.8 Å². The number of carbonyl (C=O) groups is 2. The Kier molecular flexibility index (Phi) is 7.67. The van der Waals surface area contributed by atoms with E-state index in [-0.39, 0.29) is 25.3 Å². The van der Waals surface area contributed by atoms with Crippen LogP contribution in [0.15, 0.2) is 35.3 Å². The van der Waals surface area contributed by atoms with E-state index in [1.165, 1.54) is 0 Å². The normalized spacial score (nSPS) is 19.9. The third-order valence-electron chi connectivity index (χ3n) is 5.22. The lowest BCUT2D eigenvalue weighted by Gasteiger charge is -2.25. The van der Waals surface area contributed by atoms with Crippen molar-refractivity contribution < 1.29 is 32.2 Å². The second-order valence-corrected chi connectivity index (χ2v) is 7.59. The third-order valence-corrected chi connectivity index (χ3v) is 5.22. The monoisotopic (exact) mass is 469 g/mol. The van der Waals surface area contributed by atoms with E-state index in [0.29, 0.717) is 35.0 Å². The van der Waals surface area contributed by atoms with Crippen molar-refractivity contribution in [3.63, 3.8) is 0 Å². The van der Waals surface area contributed by atoms with Gasteiger partial charge in [-0.25, -0.2) is 27.9 Å². The number of rotatable bonds is 8. The van der Waals surface area contributed by atoms with Crippen LogP contribution >= 0.6 is 0 Å². The van der Waals surface area contributed by atoms with Gasteiger partial charge in [0.05, 0.1) is 18.7 Å². The lowest BCUT2D eigenvalue weighted by Crippen LogP contribution is -2.38. The number of aliphatic imine (C=N–C) groups is 1. The second-order valence-electron chi connectivity index (χ2n) is 7.59. The van der Waals surface area contributed by atoms with Gasteiger partial charge >= 0.3 is 6.09 Å². The maximum atomic E-state index is 13.8. The van der Waals surface area contributed by atoms with Gasteiger partial charge in [-0.3, -0.25) is 4.79 Å². The van der Waals surface area contributed by atoms with Crippen LogP contribution in [0.4, 0.5) is 23.7 Å². The molecule has 1 atom stereocenters. The smallest absolute Gasteiger partial charge is 0.416 e. The average Bonchev–Trinajstić information content (AvgIpc) is 3.08. The summed E-state index contributed by atoms with van der Waals surface area (Å²) >= 11 is 0. The molecule has 0 saturated carbocycles. The van der Waals surface area contributed by atoms with Crippen molar-refractivity contribution in [1.82, 2.24) is 9.80 Å². The highest BCUT2D eigenvalue weighted by Gasteiger charge is 2.42. The van der Waals surface area contributed by atoms with Crippen molar-refractivity contribution in [2.24, 2.45) is 10.7 Å². The quantitative estimate of drug-likeness (QED) is 0.627. The summed E-state index contributed by atoms with van der Waals surface area (Å²) in [4.78, 5) is 31.7. The molecule has 0 aromatic heterocycles. The summed E-state index contributed by atoms with van der Waals surface area (Å²) in [5.41, 5.74) is 6.52. The molecule has 1 aromatic carbocycles. The zero-order chi connectivity index (χ0) is 24.1. The first-order valence-electron chi connectivity index (χ1n) is 10.4. The van der Waals surface area contributed by atoms with Crippen LogP contribution in [0.3, 0.4) is 0 Å². The highest BCUT2D eigenvalue weighted by atomic mass is 19.3. The molecule has 9 nitrogen and oxygen atoms in total. The molecule has 2 heterocycles. The largest absolute Gasteiger partial charge is 0.491 e. The number of hydrogen-bond acceptors (Lipinski definition) is 6. The fourth-order valence-electron chi connectivity index (χ4n) is 3.64. The van der Waals surface area contributed by atoms with Gasteiger partial charge in [-0.2, -0.15) is 0 Å². The Balaban J connectivity index is 2.02. The minimum absolute atomic E-state index is 0.00155. The van der Waals surface area contributed by atoms with E-state index < -0.39 is 36.9 Å². The number of fused-ring (bicyclic) bond motifs is 1. The number of carbonyl (C=O) groups excluding carboxylic acids is 2. The molecule has 0 aliphatic carbocycles. The van der Waals surface area contributed by atoms with Crippen LogP contribution in [0, 0.1) is 0 Å². The van der Waals surface area contributed by atoms with Crippen LogP contribution in [-0.2, 0) is 9.53 Å². The molecule has 0 radical (unpaired) electrons. The number of amidine groups is 1. The molecule has 1 aromatic rings. The van der Waals surface area contributed by atoms with Gasteiger partial charge in [0.15, 0.2) is 5.82 Å². The van der Waals surface area contributed by atoms with E-state index in [2.05, 4.69) is 9.73 Å². The summed E-state index contributed by atoms with van der Waals surface area (Å²) in [6, 6.07) is 3.49. The maximum Gasteiger partial charge on any atom is 0.416 e. The highest BCUT2D eigenvalue weighted by Crippen LogP contribution is 2.31. The molecule has 2 aliphatic rings. The molecule has 3 rings (SSSR count). The first-order valence-corrected chi connectivity index (χ1v) is 10.4. The number of anilines is 1. The molecule has 1 saturated heterocycles. The number of cyclic esters (lactones) is 1. The fraction of sp³-hybridized carbons (Fsp3) is 0.476.